The van der Waals surface area contributed by atoms with E-state index in [0.29, 0.717) is 24.8 Å². The van der Waals surface area contributed by atoms with Crippen molar-refractivity contribution in [1.29, 1.82) is 0 Å². The molecule has 30 heavy (non-hydrogen) atoms. The Morgan fingerprint density at radius 1 is 0.700 bits per heavy atom. The summed E-state index contributed by atoms with van der Waals surface area (Å²) in [5.41, 5.74) is 0.960. The van der Waals surface area contributed by atoms with E-state index in [-0.39, 0.29) is 0 Å². The third-order valence-electron chi connectivity index (χ3n) is 4.49. The fraction of sp³-hybridized carbons (Fsp3) is 0.520. The summed E-state index contributed by atoms with van der Waals surface area (Å²) in [4.78, 5) is 8.84. The highest BCUT2D eigenvalue weighted by Crippen LogP contribution is 2.20. The Kier molecular flexibility index (Phi) is 12.3. The minimum atomic E-state index is 0.651. The minimum absolute atomic E-state index is 0.651. The monoisotopic (exact) mass is 412 g/mol. The van der Waals surface area contributed by atoms with E-state index in [1.54, 1.807) is 12.4 Å². The molecule has 164 valence electrons. The molecule has 0 radical (unpaired) electrons. The average molecular weight is 413 g/mol. The standard InChI is InChI=1S/C25H36N2O3/c1-3-5-6-7-8-9-18-29-23-14-12-22(13-15-23)25-26-20-24(21-27-25)30-19-11-10-17-28-16-4-2/h7-8,12-15,20-21H,3-6,9-11,16-19H2,1-2H3/b8-7-. The SMILES string of the molecule is CCCC/C=C\CCOc1ccc(-c2ncc(OCCCCOCCC)cn2)cc1. The van der Waals surface area contributed by atoms with Crippen molar-refractivity contribution < 1.29 is 14.2 Å². The van der Waals surface area contributed by atoms with Gasteiger partial charge < -0.3 is 14.2 Å². The molecule has 1 heterocycles. The van der Waals surface area contributed by atoms with Crippen LogP contribution in [0.25, 0.3) is 11.4 Å². The van der Waals surface area contributed by atoms with Gasteiger partial charge in [-0.05, 0) is 56.4 Å². The van der Waals surface area contributed by atoms with Crippen LogP contribution in [0.2, 0.25) is 0 Å². The van der Waals surface area contributed by atoms with Crippen molar-refractivity contribution in [3.05, 3.63) is 48.8 Å². The Hall–Kier alpha value is -2.40. The molecule has 0 fully saturated rings. The molecule has 0 unspecified atom stereocenters. The molecule has 0 amide bonds. The molecule has 2 rings (SSSR count). The highest BCUT2D eigenvalue weighted by molar-refractivity contribution is 5.56. The number of hydrogen-bond acceptors (Lipinski definition) is 5. The van der Waals surface area contributed by atoms with Crippen LogP contribution >= 0.6 is 0 Å². The number of aromatic nitrogens is 2. The van der Waals surface area contributed by atoms with Crippen LogP contribution in [0.3, 0.4) is 0 Å². The van der Waals surface area contributed by atoms with E-state index in [0.717, 1.165) is 56.6 Å². The lowest BCUT2D eigenvalue weighted by Gasteiger charge is -2.07. The number of unbranched alkanes of at least 4 members (excludes halogenated alkanes) is 3. The van der Waals surface area contributed by atoms with Gasteiger partial charge in [-0.2, -0.15) is 0 Å². The molecule has 5 nitrogen and oxygen atoms in total. The Balaban J connectivity index is 1.68. The second kappa shape index (κ2) is 15.4. The smallest absolute Gasteiger partial charge is 0.159 e. The van der Waals surface area contributed by atoms with Crippen LogP contribution in [-0.4, -0.2) is 36.4 Å². The van der Waals surface area contributed by atoms with Gasteiger partial charge in [0.25, 0.3) is 0 Å². The summed E-state index contributed by atoms with van der Waals surface area (Å²) in [6.07, 6.45) is 15.5. The summed E-state index contributed by atoms with van der Waals surface area (Å²) in [6, 6.07) is 7.90. The third kappa shape index (κ3) is 9.88. The zero-order chi connectivity index (χ0) is 21.3. The summed E-state index contributed by atoms with van der Waals surface area (Å²) in [5.74, 6) is 2.24. The van der Waals surface area contributed by atoms with Crippen LogP contribution in [0.1, 0.15) is 58.8 Å². The first kappa shape index (κ1) is 23.9. The fourth-order valence-electron chi connectivity index (χ4n) is 2.79. The molecule has 1 aromatic carbocycles. The lowest BCUT2D eigenvalue weighted by molar-refractivity contribution is 0.127. The Morgan fingerprint density at radius 2 is 1.40 bits per heavy atom. The maximum atomic E-state index is 5.79. The number of hydrogen-bond donors (Lipinski definition) is 0. The maximum Gasteiger partial charge on any atom is 0.159 e. The molecule has 0 bridgehead atoms. The van der Waals surface area contributed by atoms with Gasteiger partial charge in [0.15, 0.2) is 11.6 Å². The van der Waals surface area contributed by atoms with E-state index >= 15 is 0 Å². The van der Waals surface area contributed by atoms with Crippen LogP contribution < -0.4 is 9.47 Å². The van der Waals surface area contributed by atoms with Crippen LogP contribution in [0.4, 0.5) is 0 Å². The van der Waals surface area contributed by atoms with Gasteiger partial charge in [-0.25, -0.2) is 9.97 Å². The Morgan fingerprint density at radius 3 is 2.13 bits per heavy atom. The first-order valence-corrected chi connectivity index (χ1v) is 11.2. The predicted molar refractivity (Wildman–Crippen MR) is 122 cm³/mol. The summed E-state index contributed by atoms with van der Waals surface area (Å²) in [7, 11) is 0. The van der Waals surface area contributed by atoms with Crippen molar-refractivity contribution in [3.8, 4) is 22.9 Å². The first-order valence-electron chi connectivity index (χ1n) is 11.2. The molecule has 0 N–H and O–H groups in total. The van der Waals surface area contributed by atoms with Gasteiger partial charge in [-0.15, -0.1) is 0 Å². The first-order chi connectivity index (χ1) is 14.8. The number of allylic oxidation sites excluding steroid dienone is 1. The highest BCUT2D eigenvalue weighted by Gasteiger charge is 2.03. The Labute approximate surface area is 181 Å². The van der Waals surface area contributed by atoms with Crippen LogP contribution in [0.15, 0.2) is 48.8 Å². The van der Waals surface area contributed by atoms with Gasteiger partial charge in [-0.1, -0.05) is 38.8 Å². The fourth-order valence-corrected chi connectivity index (χ4v) is 2.79. The largest absolute Gasteiger partial charge is 0.493 e. The van der Waals surface area contributed by atoms with Crippen molar-refractivity contribution in [2.24, 2.45) is 0 Å². The van der Waals surface area contributed by atoms with Crippen molar-refractivity contribution in [1.82, 2.24) is 9.97 Å². The molecule has 0 atom stereocenters. The average Bonchev–Trinajstić information content (AvgIpc) is 2.79. The van der Waals surface area contributed by atoms with E-state index in [4.69, 9.17) is 14.2 Å². The van der Waals surface area contributed by atoms with Crippen LogP contribution in [0, 0.1) is 0 Å². The third-order valence-corrected chi connectivity index (χ3v) is 4.49. The van der Waals surface area contributed by atoms with Gasteiger partial charge in [0.1, 0.15) is 5.75 Å². The molecular formula is C25H36N2O3. The van der Waals surface area contributed by atoms with Crippen molar-refractivity contribution in [2.75, 3.05) is 26.4 Å². The number of rotatable bonds is 16. The second-order valence-electron chi connectivity index (χ2n) is 7.19. The summed E-state index contributed by atoms with van der Waals surface area (Å²) < 4.78 is 17.0. The second-order valence-corrected chi connectivity index (χ2v) is 7.19. The van der Waals surface area contributed by atoms with Gasteiger partial charge in [0.05, 0.1) is 25.6 Å². The molecule has 0 aliphatic carbocycles. The topological polar surface area (TPSA) is 53.5 Å². The summed E-state index contributed by atoms with van der Waals surface area (Å²) in [5, 5.41) is 0. The van der Waals surface area contributed by atoms with E-state index in [9.17, 15) is 0 Å². The molecule has 5 heteroatoms. The molecule has 0 saturated heterocycles. The lowest BCUT2D eigenvalue weighted by Crippen LogP contribution is -2.02. The zero-order valence-electron chi connectivity index (χ0n) is 18.5. The molecule has 0 aliphatic heterocycles. The number of nitrogens with zero attached hydrogens (tertiary/aromatic N) is 2. The van der Waals surface area contributed by atoms with Crippen molar-refractivity contribution in [2.45, 2.75) is 58.8 Å². The quantitative estimate of drug-likeness (QED) is 0.241. The zero-order valence-corrected chi connectivity index (χ0v) is 18.5. The van der Waals surface area contributed by atoms with Crippen molar-refractivity contribution in [3.63, 3.8) is 0 Å². The van der Waals surface area contributed by atoms with Gasteiger partial charge in [0, 0.05) is 18.8 Å². The normalized spacial score (nSPS) is 11.1. The van der Waals surface area contributed by atoms with Crippen LogP contribution in [0.5, 0.6) is 11.5 Å². The predicted octanol–water partition coefficient (Wildman–Crippen LogP) is 6.24. The van der Waals surface area contributed by atoms with Crippen LogP contribution in [-0.2, 0) is 4.74 Å². The van der Waals surface area contributed by atoms with E-state index in [2.05, 4.69) is 36.0 Å². The van der Waals surface area contributed by atoms with E-state index < -0.39 is 0 Å². The van der Waals surface area contributed by atoms with E-state index in [1.165, 1.54) is 12.8 Å². The number of ether oxygens (including phenoxy) is 3. The Bertz CT molecular complexity index is 699. The van der Waals surface area contributed by atoms with Gasteiger partial charge in [-0.3, -0.25) is 0 Å². The molecular weight excluding hydrogens is 376 g/mol. The molecule has 1 aromatic heterocycles. The molecule has 0 spiro atoms. The van der Waals surface area contributed by atoms with E-state index in [1.807, 2.05) is 24.3 Å². The molecule has 0 saturated carbocycles. The number of benzene rings is 1. The highest BCUT2D eigenvalue weighted by atomic mass is 16.5. The van der Waals surface area contributed by atoms with Gasteiger partial charge in [0.2, 0.25) is 0 Å². The van der Waals surface area contributed by atoms with Crippen molar-refractivity contribution >= 4 is 0 Å². The summed E-state index contributed by atoms with van der Waals surface area (Å²) >= 11 is 0. The summed E-state index contributed by atoms with van der Waals surface area (Å²) in [6.45, 7) is 7.29. The maximum absolute atomic E-state index is 5.79. The minimum Gasteiger partial charge on any atom is -0.493 e. The van der Waals surface area contributed by atoms with Gasteiger partial charge >= 0.3 is 0 Å². The lowest BCUT2D eigenvalue weighted by atomic mass is 10.2. The molecule has 2 aromatic rings. The molecule has 0 aliphatic rings.